The quantitative estimate of drug-likeness (QED) is 0.855. The Hall–Kier alpha value is -2.30. The highest BCUT2D eigenvalue weighted by atomic mass is 16.2. The summed E-state index contributed by atoms with van der Waals surface area (Å²) >= 11 is 0. The highest BCUT2D eigenvalue weighted by molar-refractivity contribution is 5.89. The van der Waals surface area contributed by atoms with Crippen molar-refractivity contribution in [2.75, 3.05) is 5.32 Å². The number of anilines is 1. The summed E-state index contributed by atoms with van der Waals surface area (Å²) in [6, 6.07) is 8.07. The number of carbonyl (C=O) groups excluding carboxylic acids is 1. The van der Waals surface area contributed by atoms with Gasteiger partial charge in [0, 0.05) is 35.3 Å². The lowest BCUT2D eigenvalue weighted by Gasteiger charge is -2.33. The molecular formula is C20H26N4O. The van der Waals surface area contributed by atoms with E-state index in [9.17, 15) is 4.79 Å². The number of hydrogen-bond acceptors (Lipinski definition) is 2. The van der Waals surface area contributed by atoms with Gasteiger partial charge in [-0.1, -0.05) is 25.0 Å². The van der Waals surface area contributed by atoms with E-state index in [2.05, 4.69) is 22.4 Å². The molecule has 2 heterocycles. The number of fused-ring (bicyclic) bond motifs is 1. The molecule has 0 spiro atoms. The third-order valence-electron chi connectivity index (χ3n) is 5.62. The van der Waals surface area contributed by atoms with Crippen molar-refractivity contribution in [3.63, 3.8) is 0 Å². The van der Waals surface area contributed by atoms with Crippen LogP contribution < -0.4 is 5.32 Å². The normalized spacial score (nSPS) is 20.6. The molecule has 2 amide bonds. The first-order valence-electron chi connectivity index (χ1n) is 9.32. The molecule has 1 atom stereocenters. The van der Waals surface area contributed by atoms with Crippen molar-refractivity contribution < 1.29 is 4.79 Å². The summed E-state index contributed by atoms with van der Waals surface area (Å²) < 4.78 is 0. The van der Waals surface area contributed by atoms with Crippen molar-refractivity contribution in [3.05, 3.63) is 46.8 Å². The van der Waals surface area contributed by atoms with Gasteiger partial charge in [0.05, 0.1) is 12.2 Å². The largest absolute Gasteiger partial charge is 0.322 e. The SMILES string of the molecule is Cc1cccc(NC(=O)N2Cc3c(C4CCCC4)n[nH]c3CC2C)c1. The Bertz CT molecular complexity index is 776. The summed E-state index contributed by atoms with van der Waals surface area (Å²) in [6.45, 7) is 4.79. The number of aromatic amines is 1. The van der Waals surface area contributed by atoms with Crippen LogP contribution in [0.2, 0.25) is 0 Å². The molecular weight excluding hydrogens is 312 g/mol. The van der Waals surface area contributed by atoms with Crippen LogP contribution in [0.1, 0.15) is 61.0 Å². The Balaban J connectivity index is 1.53. The number of nitrogens with one attached hydrogen (secondary N) is 2. The molecule has 1 aromatic carbocycles. The van der Waals surface area contributed by atoms with Gasteiger partial charge in [-0.25, -0.2) is 4.79 Å². The first-order valence-corrected chi connectivity index (χ1v) is 9.32. The first-order chi connectivity index (χ1) is 12.1. The van der Waals surface area contributed by atoms with Gasteiger partial charge in [-0.3, -0.25) is 5.10 Å². The van der Waals surface area contributed by atoms with Crippen molar-refractivity contribution >= 4 is 11.7 Å². The van der Waals surface area contributed by atoms with Gasteiger partial charge < -0.3 is 10.2 Å². The van der Waals surface area contributed by atoms with Crippen LogP contribution >= 0.6 is 0 Å². The summed E-state index contributed by atoms with van der Waals surface area (Å²) in [7, 11) is 0. The van der Waals surface area contributed by atoms with Gasteiger partial charge in [-0.15, -0.1) is 0 Å². The monoisotopic (exact) mass is 338 g/mol. The topological polar surface area (TPSA) is 61.0 Å². The van der Waals surface area contributed by atoms with Crippen LogP contribution in [0.15, 0.2) is 24.3 Å². The van der Waals surface area contributed by atoms with Gasteiger partial charge in [-0.2, -0.15) is 5.10 Å². The van der Waals surface area contributed by atoms with E-state index < -0.39 is 0 Å². The lowest BCUT2D eigenvalue weighted by molar-refractivity contribution is 0.181. The smallest absolute Gasteiger partial charge is 0.317 e. The summed E-state index contributed by atoms with van der Waals surface area (Å²) in [6.07, 6.45) is 5.88. The zero-order chi connectivity index (χ0) is 17.4. The standard InChI is InChI=1S/C20H26N4O/c1-13-6-5-9-16(10-13)21-20(25)24-12-17-18(11-14(24)2)22-23-19(17)15-7-3-4-8-15/h5-6,9-10,14-15H,3-4,7-8,11-12H2,1-2H3,(H,21,25)(H,22,23). The number of H-pyrrole nitrogens is 1. The fourth-order valence-electron chi connectivity index (χ4n) is 4.22. The van der Waals surface area contributed by atoms with Crippen LogP contribution in [-0.4, -0.2) is 27.2 Å². The lowest BCUT2D eigenvalue weighted by atomic mass is 9.93. The van der Waals surface area contributed by atoms with Crippen LogP contribution in [0.4, 0.5) is 10.5 Å². The predicted octanol–water partition coefficient (Wildman–Crippen LogP) is 4.35. The van der Waals surface area contributed by atoms with Gasteiger partial charge >= 0.3 is 6.03 Å². The van der Waals surface area contributed by atoms with E-state index in [4.69, 9.17) is 0 Å². The van der Waals surface area contributed by atoms with Crippen LogP contribution in [0.25, 0.3) is 0 Å². The maximum Gasteiger partial charge on any atom is 0.322 e. The third kappa shape index (κ3) is 3.15. The van der Waals surface area contributed by atoms with E-state index in [1.165, 1.54) is 42.6 Å². The number of urea groups is 1. The molecule has 2 aliphatic rings. The molecule has 0 bridgehead atoms. The highest BCUT2D eigenvalue weighted by Gasteiger charge is 2.33. The van der Waals surface area contributed by atoms with Crippen LogP contribution in [0, 0.1) is 6.92 Å². The minimum atomic E-state index is -0.0256. The van der Waals surface area contributed by atoms with E-state index in [1.807, 2.05) is 36.1 Å². The summed E-state index contributed by atoms with van der Waals surface area (Å²) in [5.41, 5.74) is 5.67. The molecule has 2 N–H and O–H groups in total. The third-order valence-corrected chi connectivity index (χ3v) is 5.62. The Kier molecular flexibility index (Phi) is 4.24. The number of benzene rings is 1. The summed E-state index contributed by atoms with van der Waals surface area (Å²) in [4.78, 5) is 14.8. The molecule has 1 fully saturated rings. The van der Waals surface area contributed by atoms with Crippen LogP contribution in [0.3, 0.4) is 0 Å². The van der Waals surface area contributed by atoms with Crippen molar-refractivity contribution in [2.45, 2.75) is 64.5 Å². The number of hydrogen-bond donors (Lipinski definition) is 2. The molecule has 1 aliphatic carbocycles. The number of amides is 2. The van der Waals surface area contributed by atoms with Crippen molar-refractivity contribution in [1.82, 2.24) is 15.1 Å². The average molecular weight is 338 g/mol. The molecule has 5 nitrogen and oxygen atoms in total. The van der Waals surface area contributed by atoms with Crippen molar-refractivity contribution in [3.8, 4) is 0 Å². The van der Waals surface area contributed by atoms with Crippen molar-refractivity contribution in [2.24, 2.45) is 0 Å². The van der Waals surface area contributed by atoms with Gasteiger partial charge in [0.1, 0.15) is 0 Å². The Morgan fingerprint density at radius 3 is 2.88 bits per heavy atom. The van der Waals surface area contributed by atoms with Crippen LogP contribution in [0.5, 0.6) is 0 Å². The maximum absolute atomic E-state index is 12.8. The second-order valence-electron chi connectivity index (χ2n) is 7.53. The summed E-state index contributed by atoms with van der Waals surface area (Å²) in [5, 5.41) is 10.9. The predicted molar refractivity (Wildman–Crippen MR) is 98.7 cm³/mol. The zero-order valence-electron chi connectivity index (χ0n) is 15.0. The molecule has 1 saturated carbocycles. The van der Waals surface area contributed by atoms with Crippen molar-refractivity contribution in [1.29, 1.82) is 0 Å². The maximum atomic E-state index is 12.8. The van der Waals surface area contributed by atoms with E-state index in [-0.39, 0.29) is 12.1 Å². The van der Waals surface area contributed by atoms with Gasteiger partial charge in [0.15, 0.2) is 0 Å². The molecule has 0 radical (unpaired) electrons. The van der Waals surface area contributed by atoms with E-state index in [1.54, 1.807) is 0 Å². The molecule has 25 heavy (non-hydrogen) atoms. The molecule has 1 unspecified atom stereocenters. The minimum Gasteiger partial charge on any atom is -0.317 e. The number of aryl methyl sites for hydroxylation is 1. The molecule has 2 aromatic rings. The molecule has 132 valence electrons. The number of nitrogens with zero attached hydrogens (tertiary/aromatic N) is 2. The van der Waals surface area contributed by atoms with Gasteiger partial charge in [0.2, 0.25) is 0 Å². The Morgan fingerprint density at radius 1 is 1.32 bits per heavy atom. The van der Waals surface area contributed by atoms with Crippen LogP contribution in [-0.2, 0) is 13.0 Å². The van der Waals surface area contributed by atoms with Gasteiger partial charge in [0.25, 0.3) is 0 Å². The van der Waals surface area contributed by atoms with Gasteiger partial charge in [-0.05, 0) is 44.4 Å². The van der Waals surface area contributed by atoms with E-state index >= 15 is 0 Å². The Labute approximate surface area is 148 Å². The molecule has 0 saturated heterocycles. The average Bonchev–Trinajstić information content (AvgIpc) is 3.22. The lowest BCUT2D eigenvalue weighted by Crippen LogP contribution is -2.45. The molecule has 1 aliphatic heterocycles. The molecule has 5 heteroatoms. The minimum absolute atomic E-state index is 0.0256. The summed E-state index contributed by atoms with van der Waals surface area (Å²) in [5.74, 6) is 0.565. The molecule has 1 aromatic heterocycles. The Morgan fingerprint density at radius 2 is 2.12 bits per heavy atom. The highest BCUT2D eigenvalue weighted by Crippen LogP contribution is 2.37. The second kappa shape index (κ2) is 6.54. The molecule has 4 rings (SSSR count). The zero-order valence-corrected chi connectivity index (χ0v) is 15.0. The fraction of sp³-hybridized carbons (Fsp3) is 0.500. The fourth-order valence-corrected chi connectivity index (χ4v) is 4.22. The first kappa shape index (κ1) is 16.2. The second-order valence-corrected chi connectivity index (χ2v) is 7.53. The number of carbonyl (C=O) groups is 1. The number of aromatic nitrogens is 2. The van der Waals surface area contributed by atoms with E-state index in [0.29, 0.717) is 12.5 Å². The van der Waals surface area contributed by atoms with E-state index in [0.717, 1.165) is 17.7 Å². The number of rotatable bonds is 2.